The van der Waals surface area contributed by atoms with Crippen molar-refractivity contribution in [3.8, 4) is 0 Å². The van der Waals surface area contributed by atoms with Crippen LogP contribution in [0.4, 0.5) is 11.6 Å². The summed E-state index contributed by atoms with van der Waals surface area (Å²) in [6.07, 6.45) is 2.71. The minimum absolute atomic E-state index is 0.631. The number of nitrogens with one attached hydrogen (secondary N) is 2. The topological polar surface area (TPSA) is 49.8 Å². The fraction of sp³-hybridized carbons (Fsp3) is 0.714. The van der Waals surface area contributed by atoms with Gasteiger partial charge in [-0.3, -0.25) is 0 Å². The van der Waals surface area contributed by atoms with E-state index in [2.05, 4.69) is 55.2 Å². The number of anilines is 2. The monoisotopic (exact) mass is 250 g/mol. The number of hydrogen-bond donors (Lipinski definition) is 2. The molecule has 0 aliphatic heterocycles. The second-order valence-corrected chi connectivity index (χ2v) is 5.22. The standard InChI is InChI=1S/C14H26N4/c1-6-7-15-13-12(5)14(18-9-17-13)16-8-11(4)10(2)3/h9-11H,6-8H2,1-5H3,(H2,15,16,17,18). The average molecular weight is 250 g/mol. The molecule has 1 rings (SSSR count). The van der Waals surface area contributed by atoms with E-state index in [-0.39, 0.29) is 0 Å². The van der Waals surface area contributed by atoms with Crippen molar-refractivity contribution in [1.82, 2.24) is 9.97 Å². The molecule has 18 heavy (non-hydrogen) atoms. The Morgan fingerprint density at radius 2 is 1.72 bits per heavy atom. The molecule has 1 unspecified atom stereocenters. The maximum absolute atomic E-state index is 4.32. The number of aromatic nitrogens is 2. The lowest BCUT2D eigenvalue weighted by molar-refractivity contribution is 0.439. The second-order valence-electron chi connectivity index (χ2n) is 5.22. The quantitative estimate of drug-likeness (QED) is 0.779. The molecule has 0 bridgehead atoms. The van der Waals surface area contributed by atoms with Crippen LogP contribution in [0, 0.1) is 18.8 Å². The summed E-state index contributed by atoms with van der Waals surface area (Å²) in [5.41, 5.74) is 1.10. The molecule has 102 valence electrons. The zero-order chi connectivity index (χ0) is 13.5. The van der Waals surface area contributed by atoms with Crippen molar-refractivity contribution in [3.05, 3.63) is 11.9 Å². The predicted octanol–water partition coefficient (Wildman–Crippen LogP) is 3.31. The van der Waals surface area contributed by atoms with Gasteiger partial charge in [0.2, 0.25) is 0 Å². The van der Waals surface area contributed by atoms with Crippen LogP contribution < -0.4 is 10.6 Å². The van der Waals surface area contributed by atoms with Gasteiger partial charge in [-0.15, -0.1) is 0 Å². The Hall–Kier alpha value is -1.32. The maximum Gasteiger partial charge on any atom is 0.134 e. The predicted molar refractivity (Wildman–Crippen MR) is 78.0 cm³/mol. The van der Waals surface area contributed by atoms with Gasteiger partial charge < -0.3 is 10.6 Å². The number of hydrogen-bond acceptors (Lipinski definition) is 4. The minimum Gasteiger partial charge on any atom is -0.370 e. The van der Waals surface area contributed by atoms with E-state index in [1.165, 1.54) is 0 Å². The molecule has 1 heterocycles. The van der Waals surface area contributed by atoms with Crippen molar-refractivity contribution in [2.75, 3.05) is 23.7 Å². The molecule has 0 aliphatic rings. The molecule has 0 amide bonds. The van der Waals surface area contributed by atoms with Gasteiger partial charge in [0.05, 0.1) is 0 Å². The van der Waals surface area contributed by atoms with Crippen LogP contribution in [0.15, 0.2) is 6.33 Å². The first-order valence-corrected chi connectivity index (χ1v) is 6.85. The van der Waals surface area contributed by atoms with E-state index in [1.54, 1.807) is 6.33 Å². The lowest BCUT2D eigenvalue weighted by Gasteiger charge is -2.18. The zero-order valence-corrected chi connectivity index (χ0v) is 12.2. The summed E-state index contributed by atoms with van der Waals surface area (Å²) in [6.45, 7) is 12.8. The SMILES string of the molecule is CCCNc1ncnc(NCC(C)C(C)C)c1C. The lowest BCUT2D eigenvalue weighted by atomic mass is 9.98. The lowest BCUT2D eigenvalue weighted by Crippen LogP contribution is -2.18. The van der Waals surface area contributed by atoms with E-state index >= 15 is 0 Å². The van der Waals surface area contributed by atoms with Gasteiger partial charge in [0.25, 0.3) is 0 Å². The highest BCUT2D eigenvalue weighted by molar-refractivity contribution is 5.56. The van der Waals surface area contributed by atoms with Crippen LogP contribution in [-0.4, -0.2) is 23.1 Å². The van der Waals surface area contributed by atoms with Crippen molar-refractivity contribution >= 4 is 11.6 Å². The third-order valence-electron chi connectivity index (χ3n) is 3.36. The zero-order valence-electron chi connectivity index (χ0n) is 12.2. The van der Waals surface area contributed by atoms with Gasteiger partial charge in [0.1, 0.15) is 18.0 Å². The van der Waals surface area contributed by atoms with Crippen molar-refractivity contribution in [2.24, 2.45) is 11.8 Å². The molecule has 1 aromatic heterocycles. The Labute approximate surface area is 111 Å². The summed E-state index contributed by atoms with van der Waals surface area (Å²) in [7, 11) is 0. The highest BCUT2D eigenvalue weighted by Crippen LogP contribution is 2.19. The maximum atomic E-state index is 4.32. The molecular formula is C14H26N4. The van der Waals surface area contributed by atoms with E-state index in [9.17, 15) is 0 Å². The summed E-state index contributed by atoms with van der Waals surface area (Å²) >= 11 is 0. The van der Waals surface area contributed by atoms with Crippen molar-refractivity contribution in [2.45, 2.75) is 41.0 Å². The highest BCUT2D eigenvalue weighted by Gasteiger charge is 2.10. The van der Waals surface area contributed by atoms with Gasteiger partial charge in [0, 0.05) is 18.7 Å². The Kier molecular flexibility index (Phi) is 5.89. The van der Waals surface area contributed by atoms with Gasteiger partial charge in [0.15, 0.2) is 0 Å². The second kappa shape index (κ2) is 7.19. The van der Waals surface area contributed by atoms with Gasteiger partial charge in [-0.05, 0) is 25.2 Å². The fourth-order valence-electron chi connectivity index (χ4n) is 1.54. The van der Waals surface area contributed by atoms with E-state index in [0.717, 1.165) is 36.7 Å². The van der Waals surface area contributed by atoms with E-state index in [4.69, 9.17) is 0 Å². The summed E-state index contributed by atoms with van der Waals surface area (Å²) in [6, 6.07) is 0. The molecule has 0 saturated carbocycles. The van der Waals surface area contributed by atoms with Crippen LogP contribution in [0.3, 0.4) is 0 Å². The largest absolute Gasteiger partial charge is 0.370 e. The highest BCUT2D eigenvalue weighted by atomic mass is 15.1. The van der Waals surface area contributed by atoms with Crippen LogP contribution in [0.2, 0.25) is 0 Å². The molecule has 0 aromatic carbocycles. The first-order chi connectivity index (χ1) is 8.56. The van der Waals surface area contributed by atoms with Crippen molar-refractivity contribution in [3.63, 3.8) is 0 Å². The molecular weight excluding hydrogens is 224 g/mol. The van der Waals surface area contributed by atoms with Gasteiger partial charge in [-0.2, -0.15) is 0 Å². The van der Waals surface area contributed by atoms with Gasteiger partial charge in [-0.1, -0.05) is 27.7 Å². The third kappa shape index (κ3) is 4.17. The van der Waals surface area contributed by atoms with Gasteiger partial charge in [-0.25, -0.2) is 9.97 Å². The molecule has 0 spiro atoms. The normalized spacial score (nSPS) is 12.6. The summed E-state index contributed by atoms with van der Waals surface area (Å²) < 4.78 is 0. The molecule has 1 aromatic rings. The van der Waals surface area contributed by atoms with Gasteiger partial charge >= 0.3 is 0 Å². The van der Waals surface area contributed by atoms with Crippen molar-refractivity contribution < 1.29 is 0 Å². The Bertz CT molecular complexity index is 363. The van der Waals surface area contributed by atoms with Crippen molar-refractivity contribution in [1.29, 1.82) is 0 Å². The molecule has 0 fully saturated rings. The Morgan fingerprint density at radius 1 is 1.11 bits per heavy atom. The molecule has 4 nitrogen and oxygen atoms in total. The average Bonchev–Trinajstić information content (AvgIpc) is 2.35. The molecule has 1 atom stereocenters. The van der Waals surface area contributed by atoms with Crippen LogP contribution >= 0.6 is 0 Å². The van der Waals surface area contributed by atoms with Crippen LogP contribution in [0.25, 0.3) is 0 Å². The van der Waals surface area contributed by atoms with E-state index in [1.807, 2.05) is 0 Å². The van der Waals surface area contributed by atoms with Crippen LogP contribution in [0.5, 0.6) is 0 Å². The van der Waals surface area contributed by atoms with Crippen LogP contribution in [-0.2, 0) is 0 Å². The van der Waals surface area contributed by atoms with Crippen LogP contribution in [0.1, 0.15) is 39.7 Å². The third-order valence-corrected chi connectivity index (χ3v) is 3.36. The number of rotatable bonds is 7. The Morgan fingerprint density at radius 3 is 2.28 bits per heavy atom. The first-order valence-electron chi connectivity index (χ1n) is 6.85. The first kappa shape index (κ1) is 14.7. The minimum atomic E-state index is 0.631. The molecule has 0 saturated heterocycles. The molecule has 0 radical (unpaired) electrons. The summed E-state index contributed by atoms with van der Waals surface area (Å²) in [5, 5.41) is 6.74. The molecule has 2 N–H and O–H groups in total. The molecule has 0 aliphatic carbocycles. The smallest absolute Gasteiger partial charge is 0.134 e. The van der Waals surface area contributed by atoms with E-state index < -0.39 is 0 Å². The molecule has 4 heteroatoms. The summed E-state index contributed by atoms with van der Waals surface area (Å²) in [5.74, 6) is 3.19. The summed E-state index contributed by atoms with van der Waals surface area (Å²) in [4.78, 5) is 8.59. The van der Waals surface area contributed by atoms with E-state index in [0.29, 0.717) is 11.8 Å². The Balaban J connectivity index is 2.65. The number of nitrogens with zero attached hydrogens (tertiary/aromatic N) is 2. The fourth-order valence-corrected chi connectivity index (χ4v) is 1.54.